The molecule has 0 aliphatic heterocycles. The van der Waals surface area contributed by atoms with Gasteiger partial charge in [0.25, 0.3) is 0 Å². The van der Waals surface area contributed by atoms with E-state index in [1.54, 1.807) is 36.4 Å². The Morgan fingerprint density at radius 1 is 0.397 bits per heavy atom. The number of halogens is 6. The molecule has 0 aliphatic carbocycles. The summed E-state index contributed by atoms with van der Waals surface area (Å²) in [5.74, 6) is 0. The number of rotatable bonds is 6. The molecule has 0 fully saturated rings. The lowest BCUT2D eigenvalue weighted by molar-refractivity contribution is -0.142. The third-order valence-corrected chi connectivity index (χ3v) is 12.9. The summed E-state index contributed by atoms with van der Waals surface area (Å²) in [5.41, 5.74) is 8.46. The van der Waals surface area contributed by atoms with Gasteiger partial charge < -0.3 is 9.13 Å². The van der Waals surface area contributed by atoms with Gasteiger partial charge in [-0.05, 0) is 132 Å². The second kappa shape index (κ2) is 15.9. The van der Waals surface area contributed by atoms with Crippen molar-refractivity contribution in [3.05, 3.63) is 216 Å². The predicted octanol–water partition coefficient (Wildman–Crippen LogP) is 17.1. The molecular formula is C59H37F6N3. The molecule has 11 aromatic rings. The second-order valence-electron chi connectivity index (χ2n) is 17.2. The van der Waals surface area contributed by atoms with E-state index < -0.39 is 29.0 Å². The van der Waals surface area contributed by atoms with Gasteiger partial charge in [-0.2, -0.15) is 31.6 Å². The summed E-state index contributed by atoms with van der Waals surface area (Å²) < 4.78 is 92.0. The van der Waals surface area contributed by atoms with Crippen molar-refractivity contribution >= 4 is 43.6 Å². The van der Waals surface area contributed by atoms with Gasteiger partial charge >= 0.3 is 12.4 Å². The Bertz CT molecular complexity index is 3880. The third kappa shape index (κ3) is 7.17. The van der Waals surface area contributed by atoms with Gasteiger partial charge in [0.05, 0.1) is 50.5 Å². The van der Waals surface area contributed by atoms with Crippen LogP contribution in [0.4, 0.5) is 26.3 Å². The minimum absolute atomic E-state index is 0.0381. The number of aromatic nitrogens is 2. The number of benzene rings is 9. The van der Waals surface area contributed by atoms with Gasteiger partial charge in [-0.3, -0.25) is 0 Å². The zero-order valence-corrected chi connectivity index (χ0v) is 36.5. The van der Waals surface area contributed by atoms with E-state index in [1.165, 1.54) is 0 Å². The first-order valence-electron chi connectivity index (χ1n) is 21.9. The van der Waals surface area contributed by atoms with Crippen LogP contribution in [0.25, 0.3) is 99.5 Å². The van der Waals surface area contributed by atoms with E-state index in [4.69, 9.17) is 0 Å². The monoisotopic (exact) mass is 901 g/mol. The van der Waals surface area contributed by atoms with Crippen molar-refractivity contribution < 1.29 is 26.3 Å². The normalized spacial score (nSPS) is 12.1. The Hall–Kier alpha value is -8.35. The Balaban J connectivity index is 1.22. The highest BCUT2D eigenvalue weighted by atomic mass is 19.4. The van der Waals surface area contributed by atoms with Crippen LogP contribution >= 0.6 is 0 Å². The highest BCUT2D eigenvalue weighted by Gasteiger charge is 2.39. The fraction of sp³-hybridized carbons (Fsp3) is 0.0678. The largest absolute Gasteiger partial charge is 0.417 e. The highest BCUT2D eigenvalue weighted by molar-refractivity contribution is 6.12. The molecule has 3 nitrogen and oxygen atoms in total. The van der Waals surface area contributed by atoms with Crippen molar-refractivity contribution in [2.24, 2.45) is 0 Å². The fourth-order valence-corrected chi connectivity index (χ4v) is 9.83. The molecule has 9 aromatic carbocycles. The van der Waals surface area contributed by atoms with Crippen molar-refractivity contribution in [1.82, 2.24) is 9.13 Å². The number of para-hydroxylation sites is 2. The zero-order valence-electron chi connectivity index (χ0n) is 36.5. The topological polar surface area (TPSA) is 33.6 Å². The smallest absolute Gasteiger partial charge is 0.309 e. The summed E-state index contributed by atoms with van der Waals surface area (Å²) in [6.07, 6.45) is -10.2. The van der Waals surface area contributed by atoms with Gasteiger partial charge in [-0.1, -0.05) is 120 Å². The minimum atomic E-state index is -5.16. The molecule has 0 aliphatic rings. The summed E-state index contributed by atoms with van der Waals surface area (Å²) in [5, 5.41) is 14.2. The van der Waals surface area contributed by atoms with Gasteiger partial charge in [-0.25, -0.2) is 0 Å². The lowest BCUT2D eigenvalue weighted by Gasteiger charge is -2.22. The average molecular weight is 902 g/mol. The number of aryl methyl sites for hydroxylation is 2. The van der Waals surface area contributed by atoms with Gasteiger partial charge in [-0.15, -0.1) is 0 Å². The van der Waals surface area contributed by atoms with E-state index in [0.717, 1.165) is 83.1 Å². The summed E-state index contributed by atoms with van der Waals surface area (Å²) in [4.78, 5) is 0. The summed E-state index contributed by atoms with van der Waals surface area (Å²) in [6, 6.07) is 58.7. The molecule has 0 unspecified atom stereocenters. The number of alkyl halides is 6. The van der Waals surface area contributed by atoms with Gasteiger partial charge in [0.15, 0.2) is 0 Å². The molecule has 0 spiro atoms. The van der Waals surface area contributed by atoms with E-state index in [2.05, 4.69) is 47.0 Å². The van der Waals surface area contributed by atoms with Crippen LogP contribution in [-0.4, -0.2) is 9.13 Å². The van der Waals surface area contributed by atoms with Gasteiger partial charge in [0.1, 0.15) is 0 Å². The lowest BCUT2D eigenvalue weighted by atomic mass is 9.88. The van der Waals surface area contributed by atoms with Crippen molar-refractivity contribution in [3.63, 3.8) is 0 Å². The van der Waals surface area contributed by atoms with Crippen molar-refractivity contribution in [2.45, 2.75) is 26.2 Å². The maximum Gasteiger partial charge on any atom is 0.417 e. The maximum atomic E-state index is 15.2. The fourth-order valence-electron chi connectivity index (χ4n) is 9.83. The van der Waals surface area contributed by atoms with Gasteiger partial charge in [0.2, 0.25) is 0 Å². The number of nitrogens with zero attached hydrogens (tertiary/aromatic N) is 3. The molecule has 2 heterocycles. The molecule has 0 bridgehead atoms. The van der Waals surface area contributed by atoms with Crippen LogP contribution in [0.15, 0.2) is 188 Å². The maximum absolute atomic E-state index is 15.2. The van der Waals surface area contributed by atoms with Crippen molar-refractivity contribution in [3.8, 4) is 62.0 Å². The number of fused-ring (bicyclic) bond motifs is 6. The first-order chi connectivity index (χ1) is 32.7. The number of hydrogen-bond acceptors (Lipinski definition) is 1. The highest BCUT2D eigenvalue weighted by Crippen LogP contribution is 2.47. The summed E-state index contributed by atoms with van der Waals surface area (Å²) >= 11 is 0. The Morgan fingerprint density at radius 3 is 1.51 bits per heavy atom. The quantitative estimate of drug-likeness (QED) is 0.153. The molecular weight excluding hydrogens is 865 g/mol. The summed E-state index contributed by atoms with van der Waals surface area (Å²) in [6.45, 7) is 4.08. The van der Waals surface area contributed by atoms with Crippen LogP contribution in [0.3, 0.4) is 0 Å². The van der Waals surface area contributed by atoms with Crippen LogP contribution < -0.4 is 0 Å². The SMILES string of the molecule is Cc1cccc(-c2ccc3c(c2)c2ccccc2n3-c2ccc(-c3ccc(C(F)(F)F)cc3C(F)(F)F)c(-c3cc(C#N)ccc3-n3c4ccccc4c4cc(-c5cccc(C)c5)ccc43)c2)c1. The van der Waals surface area contributed by atoms with Crippen LogP contribution in [0.5, 0.6) is 0 Å². The van der Waals surface area contributed by atoms with Crippen molar-refractivity contribution in [1.29, 1.82) is 5.26 Å². The van der Waals surface area contributed by atoms with Crippen LogP contribution in [-0.2, 0) is 12.4 Å². The molecule has 68 heavy (non-hydrogen) atoms. The summed E-state index contributed by atoms with van der Waals surface area (Å²) in [7, 11) is 0. The number of hydrogen-bond donors (Lipinski definition) is 0. The first-order valence-corrected chi connectivity index (χ1v) is 21.9. The van der Waals surface area contributed by atoms with Gasteiger partial charge in [0, 0.05) is 32.8 Å². The van der Waals surface area contributed by atoms with Crippen LogP contribution in [0.1, 0.15) is 27.8 Å². The molecule has 11 rings (SSSR count). The lowest BCUT2D eigenvalue weighted by Crippen LogP contribution is -2.12. The molecule has 0 radical (unpaired) electrons. The third-order valence-electron chi connectivity index (χ3n) is 12.9. The second-order valence-corrected chi connectivity index (χ2v) is 17.2. The van der Waals surface area contributed by atoms with E-state index in [1.807, 2.05) is 115 Å². The molecule has 330 valence electrons. The Morgan fingerprint density at radius 2 is 0.941 bits per heavy atom. The Kier molecular flexibility index (Phi) is 9.90. The molecule has 0 N–H and O–H groups in total. The molecule has 0 saturated carbocycles. The van der Waals surface area contributed by atoms with E-state index in [9.17, 15) is 18.4 Å². The standard InChI is InChI=1S/C59H37F6N3/c1-35-9-7-11-38(27-35)40-18-25-55-50(30-40)46-13-3-5-15-53(46)67(55)43-21-23-44(45-22-20-42(58(60,61)62)32-52(45)59(63,64)65)48(33-43)49-29-37(34-66)17-24-56(49)68-54-16-6-4-14-47(54)51-31-41(19-26-57(51)68)39-12-8-10-36(2)28-39/h3-33H,1-2H3. The molecule has 0 amide bonds. The molecule has 0 saturated heterocycles. The predicted molar refractivity (Wildman–Crippen MR) is 261 cm³/mol. The number of nitriles is 1. The molecule has 2 aromatic heterocycles. The first kappa shape index (κ1) is 42.3. The van der Waals surface area contributed by atoms with Crippen LogP contribution in [0, 0.1) is 25.2 Å². The van der Waals surface area contributed by atoms with Crippen LogP contribution in [0.2, 0.25) is 0 Å². The van der Waals surface area contributed by atoms with E-state index in [0.29, 0.717) is 23.0 Å². The Labute approximate surface area is 387 Å². The van der Waals surface area contributed by atoms with E-state index >= 15 is 13.2 Å². The van der Waals surface area contributed by atoms with Crippen molar-refractivity contribution in [2.75, 3.05) is 0 Å². The molecule has 9 heteroatoms. The average Bonchev–Trinajstić information content (AvgIpc) is 3.85. The molecule has 0 atom stereocenters. The zero-order chi connectivity index (χ0) is 47.1. The minimum Gasteiger partial charge on any atom is -0.309 e. The van der Waals surface area contributed by atoms with E-state index in [-0.39, 0.29) is 22.8 Å².